The van der Waals surface area contributed by atoms with E-state index in [-0.39, 0.29) is 5.91 Å². The smallest absolute Gasteiger partial charge is 0.244 e. The van der Waals surface area contributed by atoms with Crippen molar-refractivity contribution in [3.05, 3.63) is 36.5 Å². The number of aromatic nitrogens is 4. The van der Waals surface area contributed by atoms with Gasteiger partial charge in [-0.1, -0.05) is 0 Å². The third-order valence-corrected chi connectivity index (χ3v) is 5.09. The van der Waals surface area contributed by atoms with Crippen LogP contribution in [0.15, 0.2) is 30.7 Å². The molecular weight excluding hydrogens is 316 g/mol. The molecule has 7 heteroatoms. The van der Waals surface area contributed by atoms with Crippen LogP contribution >= 0.6 is 0 Å². The Balaban J connectivity index is 1.59. The molecule has 0 bridgehead atoms. The molecule has 3 aromatic rings. The average Bonchev–Trinajstić information content (AvgIpc) is 3.35. The van der Waals surface area contributed by atoms with Gasteiger partial charge < -0.3 is 9.47 Å². The number of fused-ring (bicyclic) bond motifs is 2. The van der Waals surface area contributed by atoms with Gasteiger partial charge in [-0.15, -0.1) is 0 Å². The number of carbonyl (C=O) groups is 1. The van der Waals surface area contributed by atoms with Crippen LogP contribution in [0.5, 0.6) is 0 Å². The van der Waals surface area contributed by atoms with Gasteiger partial charge in [0.05, 0.1) is 23.0 Å². The van der Waals surface area contributed by atoms with E-state index in [0.717, 1.165) is 47.7 Å². The number of carbonyl (C=O) groups excluding carboxylic acids is 1. The lowest BCUT2D eigenvalue weighted by atomic mass is 10.1. The second-order valence-corrected chi connectivity index (χ2v) is 6.57. The van der Waals surface area contributed by atoms with E-state index < -0.39 is 5.92 Å². The van der Waals surface area contributed by atoms with Crippen LogP contribution in [-0.4, -0.2) is 31.6 Å². The summed E-state index contributed by atoms with van der Waals surface area (Å²) in [5, 5.41) is 13.5. The number of nitrogens with zero attached hydrogens (tertiary/aromatic N) is 6. The summed E-state index contributed by atoms with van der Waals surface area (Å²) in [4.78, 5) is 18.8. The summed E-state index contributed by atoms with van der Waals surface area (Å²) in [5.41, 5.74) is 3.59. The lowest BCUT2D eigenvalue weighted by molar-refractivity contribution is -0.118. The second kappa shape index (κ2) is 5.18. The maximum Gasteiger partial charge on any atom is 0.244 e. The summed E-state index contributed by atoms with van der Waals surface area (Å²) in [6.07, 6.45) is 8.47. The predicted octanol–water partition coefficient (Wildman–Crippen LogP) is 2.02. The average molecular weight is 332 g/mol. The monoisotopic (exact) mass is 332 g/mol. The number of nitriles is 1. The molecule has 0 saturated carbocycles. The van der Waals surface area contributed by atoms with Gasteiger partial charge in [-0.05, 0) is 25.0 Å². The fourth-order valence-electron chi connectivity index (χ4n) is 3.80. The van der Waals surface area contributed by atoms with Crippen molar-refractivity contribution in [3.63, 3.8) is 0 Å². The van der Waals surface area contributed by atoms with Crippen LogP contribution in [-0.2, 0) is 17.8 Å². The van der Waals surface area contributed by atoms with Crippen LogP contribution in [0.1, 0.15) is 18.7 Å². The highest BCUT2D eigenvalue weighted by atomic mass is 16.2. The molecule has 1 amide bonds. The minimum atomic E-state index is -0.543. The first-order valence-corrected chi connectivity index (χ1v) is 8.49. The fraction of sp³-hybridized carbons (Fsp3) is 0.333. The van der Waals surface area contributed by atoms with Crippen molar-refractivity contribution in [1.29, 1.82) is 5.26 Å². The maximum atomic E-state index is 12.4. The van der Waals surface area contributed by atoms with Crippen molar-refractivity contribution in [2.24, 2.45) is 5.92 Å². The molecule has 0 aliphatic carbocycles. The Morgan fingerprint density at radius 2 is 2.20 bits per heavy atom. The number of hydrogen-bond acceptors (Lipinski definition) is 4. The van der Waals surface area contributed by atoms with Crippen molar-refractivity contribution >= 4 is 17.1 Å². The number of rotatable bonds is 2. The number of aryl methyl sites for hydroxylation is 2. The Labute approximate surface area is 144 Å². The molecule has 5 heterocycles. The van der Waals surface area contributed by atoms with Crippen LogP contribution < -0.4 is 4.90 Å². The molecule has 0 N–H and O–H groups in total. The number of amides is 1. The first kappa shape index (κ1) is 14.2. The summed E-state index contributed by atoms with van der Waals surface area (Å²) in [6, 6.07) is 5.95. The topological polar surface area (TPSA) is 79.2 Å². The summed E-state index contributed by atoms with van der Waals surface area (Å²) in [5.74, 6) is 0.461. The molecule has 1 saturated heterocycles. The van der Waals surface area contributed by atoms with Gasteiger partial charge >= 0.3 is 0 Å². The normalized spacial score (nSPS) is 19.6. The van der Waals surface area contributed by atoms with E-state index in [0.29, 0.717) is 13.0 Å². The van der Waals surface area contributed by atoms with Crippen LogP contribution in [0.2, 0.25) is 0 Å². The molecular formula is C18H16N6O. The quantitative estimate of drug-likeness (QED) is 0.719. The van der Waals surface area contributed by atoms with Crippen molar-refractivity contribution in [2.75, 3.05) is 11.4 Å². The fourth-order valence-corrected chi connectivity index (χ4v) is 3.80. The molecule has 2 aliphatic heterocycles. The first-order valence-electron chi connectivity index (χ1n) is 8.49. The Morgan fingerprint density at radius 3 is 3.00 bits per heavy atom. The van der Waals surface area contributed by atoms with Crippen LogP contribution in [0, 0.1) is 17.2 Å². The third-order valence-electron chi connectivity index (χ3n) is 5.09. The third kappa shape index (κ3) is 2.07. The summed E-state index contributed by atoms with van der Waals surface area (Å²) in [7, 11) is 0. The number of anilines is 1. The van der Waals surface area contributed by atoms with Gasteiger partial charge in [0.2, 0.25) is 5.91 Å². The molecule has 5 rings (SSSR count). The SMILES string of the molecule is N#CC1CCN(c2ccnn3cc(-c4cn5c(n4)CCC5)cc23)C1=O. The molecule has 0 radical (unpaired) electrons. The highest BCUT2D eigenvalue weighted by Crippen LogP contribution is 2.32. The highest BCUT2D eigenvalue weighted by Gasteiger charge is 2.33. The molecule has 3 aromatic heterocycles. The standard InChI is InChI=1S/C18H16N6O/c19-9-12-4-7-23(18(12)25)15-3-5-20-24-10-13(8-16(15)24)14-11-22-6-1-2-17(22)21-14/h3,5,8,10-12H,1-2,4,6-7H2. The van der Waals surface area contributed by atoms with E-state index in [9.17, 15) is 4.79 Å². The van der Waals surface area contributed by atoms with E-state index in [1.54, 1.807) is 15.6 Å². The zero-order valence-electron chi connectivity index (χ0n) is 13.6. The molecule has 7 nitrogen and oxygen atoms in total. The first-order chi connectivity index (χ1) is 12.2. The lowest BCUT2D eigenvalue weighted by Crippen LogP contribution is -2.27. The van der Waals surface area contributed by atoms with Crippen molar-refractivity contribution in [1.82, 2.24) is 19.2 Å². The zero-order valence-corrected chi connectivity index (χ0v) is 13.6. The minimum absolute atomic E-state index is 0.126. The van der Waals surface area contributed by atoms with Crippen molar-refractivity contribution < 1.29 is 4.79 Å². The summed E-state index contributed by atoms with van der Waals surface area (Å²) < 4.78 is 3.98. The number of imidazole rings is 1. The van der Waals surface area contributed by atoms with Crippen molar-refractivity contribution in [2.45, 2.75) is 25.8 Å². The van der Waals surface area contributed by atoms with Gasteiger partial charge in [-0.2, -0.15) is 10.4 Å². The van der Waals surface area contributed by atoms with Gasteiger partial charge in [0.1, 0.15) is 11.7 Å². The minimum Gasteiger partial charge on any atom is -0.334 e. The molecule has 1 unspecified atom stereocenters. The Hall–Kier alpha value is -3.14. The zero-order chi connectivity index (χ0) is 17.0. The van der Waals surface area contributed by atoms with E-state index in [4.69, 9.17) is 10.2 Å². The van der Waals surface area contributed by atoms with Crippen LogP contribution in [0.3, 0.4) is 0 Å². The van der Waals surface area contributed by atoms with Gasteiger partial charge in [-0.25, -0.2) is 9.50 Å². The molecule has 1 fully saturated rings. The Kier molecular flexibility index (Phi) is 2.95. The molecule has 1 atom stereocenters. The van der Waals surface area contributed by atoms with Gasteiger partial charge in [0.15, 0.2) is 0 Å². The van der Waals surface area contributed by atoms with Crippen LogP contribution in [0.4, 0.5) is 5.69 Å². The Bertz CT molecular complexity index is 1020. The van der Waals surface area contributed by atoms with E-state index in [1.807, 2.05) is 18.3 Å². The predicted molar refractivity (Wildman–Crippen MR) is 90.8 cm³/mol. The highest BCUT2D eigenvalue weighted by molar-refractivity contribution is 6.02. The van der Waals surface area contributed by atoms with E-state index >= 15 is 0 Å². The molecule has 0 spiro atoms. The molecule has 25 heavy (non-hydrogen) atoms. The van der Waals surface area contributed by atoms with E-state index in [1.165, 1.54) is 0 Å². The largest absolute Gasteiger partial charge is 0.334 e. The molecule has 0 aromatic carbocycles. The number of hydrogen-bond donors (Lipinski definition) is 0. The lowest BCUT2D eigenvalue weighted by Gasteiger charge is -2.16. The second-order valence-electron chi connectivity index (χ2n) is 6.57. The molecule has 2 aliphatic rings. The Morgan fingerprint density at radius 1 is 1.28 bits per heavy atom. The maximum absolute atomic E-state index is 12.4. The summed E-state index contributed by atoms with van der Waals surface area (Å²) >= 11 is 0. The van der Waals surface area contributed by atoms with Crippen LogP contribution in [0.25, 0.3) is 16.8 Å². The van der Waals surface area contributed by atoms with E-state index in [2.05, 4.69) is 21.9 Å². The van der Waals surface area contributed by atoms with Gasteiger partial charge in [0.25, 0.3) is 0 Å². The van der Waals surface area contributed by atoms with Gasteiger partial charge in [0, 0.05) is 43.7 Å². The van der Waals surface area contributed by atoms with Crippen molar-refractivity contribution in [3.8, 4) is 17.3 Å². The molecule has 124 valence electrons. The van der Waals surface area contributed by atoms with Gasteiger partial charge in [-0.3, -0.25) is 4.79 Å². The summed E-state index contributed by atoms with van der Waals surface area (Å²) in [6.45, 7) is 1.59.